The number of carbonyl (C=O) groups is 2. The summed E-state index contributed by atoms with van der Waals surface area (Å²) >= 11 is 0. The van der Waals surface area contributed by atoms with Crippen LogP contribution in [0.25, 0.3) is 0 Å². The summed E-state index contributed by atoms with van der Waals surface area (Å²) in [5, 5.41) is 18.8. The molecule has 0 saturated carbocycles. The molecule has 0 spiro atoms. The van der Waals surface area contributed by atoms with Gasteiger partial charge in [-0.05, 0) is 6.08 Å². The van der Waals surface area contributed by atoms with Crippen LogP contribution in [0.4, 0.5) is 0 Å². The lowest BCUT2D eigenvalue weighted by Crippen LogP contribution is -2.47. The highest BCUT2D eigenvalue weighted by Crippen LogP contribution is 2.20. The zero-order valence-electron chi connectivity index (χ0n) is 8.75. The van der Waals surface area contributed by atoms with Crippen LogP contribution in [0.3, 0.4) is 0 Å². The summed E-state index contributed by atoms with van der Waals surface area (Å²) in [5.74, 6) is -2.07. The van der Waals surface area contributed by atoms with Crippen molar-refractivity contribution in [1.29, 1.82) is 0 Å². The Balaban J connectivity index is 2.90. The van der Waals surface area contributed by atoms with Crippen LogP contribution in [0.2, 0.25) is 0 Å². The molecule has 16 heavy (non-hydrogen) atoms. The Morgan fingerprint density at radius 3 is 2.44 bits per heavy atom. The van der Waals surface area contributed by atoms with Crippen molar-refractivity contribution in [2.75, 3.05) is 14.2 Å². The van der Waals surface area contributed by atoms with Gasteiger partial charge in [-0.3, -0.25) is 0 Å². The van der Waals surface area contributed by atoms with E-state index in [0.29, 0.717) is 0 Å². The fourth-order valence-electron chi connectivity index (χ4n) is 1.20. The van der Waals surface area contributed by atoms with Crippen LogP contribution in [-0.4, -0.2) is 54.7 Å². The van der Waals surface area contributed by atoms with Gasteiger partial charge in [-0.2, -0.15) is 0 Å². The summed E-state index contributed by atoms with van der Waals surface area (Å²) in [5.41, 5.74) is 0. The van der Waals surface area contributed by atoms with Crippen molar-refractivity contribution in [3.05, 3.63) is 11.8 Å². The average Bonchev–Trinajstić information content (AvgIpc) is 2.30. The van der Waals surface area contributed by atoms with Crippen LogP contribution < -0.4 is 0 Å². The van der Waals surface area contributed by atoms with Gasteiger partial charge in [-0.25, -0.2) is 9.59 Å². The first-order valence-corrected chi connectivity index (χ1v) is 4.42. The molecule has 0 radical (unpaired) electrons. The molecule has 0 aromatic heterocycles. The zero-order valence-corrected chi connectivity index (χ0v) is 8.75. The van der Waals surface area contributed by atoms with E-state index in [1.807, 2.05) is 0 Å². The molecule has 0 aromatic rings. The normalized spacial score (nSPS) is 28.8. The van der Waals surface area contributed by atoms with E-state index < -0.39 is 30.3 Å². The minimum atomic E-state index is -1.49. The number of carbonyl (C=O) groups excluding carboxylic acids is 2. The van der Waals surface area contributed by atoms with E-state index in [2.05, 4.69) is 9.47 Å². The number of hydrogen-bond donors (Lipinski definition) is 2. The van der Waals surface area contributed by atoms with E-state index in [9.17, 15) is 19.8 Å². The molecule has 90 valence electrons. The minimum absolute atomic E-state index is 0.337. The Morgan fingerprint density at radius 2 is 1.94 bits per heavy atom. The standard InChI is InChI=1S/C9H12O7/c1-14-8(12)5-3-4(10)6(11)7(16-5)9(13)15-2/h3-4,6-7,10-11H,1-2H3/t4-,6+,7-/m0/s1. The van der Waals surface area contributed by atoms with Gasteiger partial charge >= 0.3 is 11.9 Å². The Morgan fingerprint density at radius 1 is 1.31 bits per heavy atom. The van der Waals surface area contributed by atoms with Crippen LogP contribution in [0.15, 0.2) is 11.8 Å². The third kappa shape index (κ3) is 2.31. The maximum atomic E-state index is 11.2. The van der Waals surface area contributed by atoms with Crippen molar-refractivity contribution in [3.63, 3.8) is 0 Å². The molecule has 0 aromatic carbocycles. The molecule has 0 amide bonds. The molecule has 0 fully saturated rings. The first kappa shape index (κ1) is 12.5. The third-order valence-corrected chi connectivity index (χ3v) is 2.06. The SMILES string of the molecule is COC(=O)C1=C[C@H](O)[C@@H](O)[C@@H](C(=O)OC)O1. The highest BCUT2D eigenvalue weighted by molar-refractivity contribution is 5.87. The predicted octanol–water partition coefficient (Wildman–Crippen LogP) is -1.66. The van der Waals surface area contributed by atoms with E-state index in [4.69, 9.17) is 4.74 Å². The third-order valence-electron chi connectivity index (χ3n) is 2.06. The number of methoxy groups -OCH3 is 2. The van der Waals surface area contributed by atoms with Crippen LogP contribution in [0.5, 0.6) is 0 Å². The molecule has 3 atom stereocenters. The fourth-order valence-corrected chi connectivity index (χ4v) is 1.20. The Hall–Kier alpha value is -1.60. The summed E-state index contributed by atoms with van der Waals surface area (Å²) in [6.07, 6.45) is -3.36. The minimum Gasteiger partial charge on any atom is -0.468 e. The number of rotatable bonds is 2. The molecule has 1 aliphatic rings. The number of aliphatic hydroxyl groups excluding tert-OH is 2. The van der Waals surface area contributed by atoms with Crippen molar-refractivity contribution in [3.8, 4) is 0 Å². The Kier molecular flexibility index (Phi) is 3.86. The summed E-state index contributed by atoms with van der Waals surface area (Å²) in [7, 11) is 2.22. The molecular formula is C9H12O7. The lowest BCUT2D eigenvalue weighted by molar-refractivity contribution is -0.168. The molecule has 0 saturated heterocycles. The predicted molar refractivity (Wildman–Crippen MR) is 49.0 cm³/mol. The highest BCUT2D eigenvalue weighted by atomic mass is 16.6. The van der Waals surface area contributed by atoms with Gasteiger partial charge in [0.2, 0.25) is 11.9 Å². The maximum Gasteiger partial charge on any atom is 0.373 e. The number of esters is 2. The van der Waals surface area contributed by atoms with E-state index in [-0.39, 0.29) is 5.76 Å². The topological polar surface area (TPSA) is 102 Å². The van der Waals surface area contributed by atoms with Crippen molar-refractivity contribution in [2.24, 2.45) is 0 Å². The first-order valence-electron chi connectivity index (χ1n) is 4.42. The Labute approximate surface area is 91.2 Å². The first-order chi connectivity index (χ1) is 7.51. The molecule has 0 bridgehead atoms. The molecule has 2 N–H and O–H groups in total. The van der Waals surface area contributed by atoms with Crippen LogP contribution in [-0.2, 0) is 23.8 Å². The van der Waals surface area contributed by atoms with E-state index in [0.717, 1.165) is 20.3 Å². The quantitative estimate of drug-likeness (QED) is 0.549. The van der Waals surface area contributed by atoms with Crippen LogP contribution >= 0.6 is 0 Å². The van der Waals surface area contributed by atoms with Gasteiger partial charge in [-0.1, -0.05) is 0 Å². The fraction of sp³-hybridized carbons (Fsp3) is 0.556. The van der Waals surface area contributed by atoms with Gasteiger partial charge < -0.3 is 24.4 Å². The molecule has 7 heteroatoms. The van der Waals surface area contributed by atoms with Crippen molar-refractivity contribution in [1.82, 2.24) is 0 Å². The molecule has 1 rings (SSSR count). The monoisotopic (exact) mass is 232 g/mol. The zero-order chi connectivity index (χ0) is 12.3. The van der Waals surface area contributed by atoms with Crippen LogP contribution in [0.1, 0.15) is 0 Å². The molecule has 0 unspecified atom stereocenters. The summed E-state index contributed by atoms with van der Waals surface area (Å²) in [6, 6.07) is 0. The lowest BCUT2D eigenvalue weighted by atomic mass is 10.0. The average molecular weight is 232 g/mol. The van der Waals surface area contributed by atoms with Gasteiger partial charge in [0, 0.05) is 0 Å². The number of aliphatic hydroxyl groups is 2. The van der Waals surface area contributed by atoms with Crippen molar-refractivity contribution in [2.45, 2.75) is 18.3 Å². The molecule has 1 heterocycles. The smallest absolute Gasteiger partial charge is 0.373 e. The van der Waals surface area contributed by atoms with Gasteiger partial charge in [0.1, 0.15) is 12.2 Å². The van der Waals surface area contributed by atoms with Gasteiger partial charge in [-0.15, -0.1) is 0 Å². The molecular weight excluding hydrogens is 220 g/mol. The van der Waals surface area contributed by atoms with Gasteiger partial charge in [0.05, 0.1) is 14.2 Å². The molecule has 7 nitrogen and oxygen atoms in total. The lowest BCUT2D eigenvalue weighted by Gasteiger charge is -2.28. The second kappa shape index (κ2) is 4.95. The summed E-state index contributed by atoms with van der Waals surface area (Å²) in [6.45, 7) is 0. The number of ether oxygens (including phenoxy) is 3. The maximum absolute atomic E-state index is 11.2. The second-order valence-electron chi connectivity index (χ2n) is 3.07. The van der Waals surface area contributed by atoms with E-state index in [1.165, 1.54) is 0 Å². The highest BCUT2D eigenvalue weighted by Gasteiger charge is 2.40. The van der Waals surface area contributed by atoms with Crippen molar-refractivity contribution < 1.29 is 34.0 Å². The van der Waals surface area contributed by atoms with E-state index >= 15 is 0 Å². The summed E-state index contributed by atoms with van der Waals surface area (Å²) in [4.78, 5) is 22.3. The molecule has 0 aliphatic carbocycles. The number of hydrogen-bond acceptors (Lipinski definition) is 7. The van der Waals surface area contributed by atoms with E-state index in [1.54, 1.807) is 0 Å². The Bertz CT molecular complexity index is 322. The van der Waals surface area contributed by atoms with Crippen molar-refractivity contribution >= 4 is 11.9 Å². The van der Waals surface area contributed by atoms with Gasteiger partial charge in [0.15, 0.2) is 0 Å². The van der Waals surface area contributed by atoms with Gasteiger partial charge in [0.25, 0.3) is 0 Å². The van der Waals surface area contributed by atoms with Crippen LogP contribution in [0, 0.1) is 0 Å². The summed E-state index contributed by atoms with van der Waals surface area (Å²) < 4.78 is 13.6. The largest absolute Gasteiger partial charge is 0.468 e. The second-order valence-corrected chi connectivity index (χ2v) is 3.07. The molecule has 1 aliphatic heterocycles.